The highest BCUT2D eigenvalue weighted by Gasteiger charge is 2.23. The number of likely N-dealkylation sites (N-methyl/N-ethyl adjacent to an activating group) is 1. The van der Waals surface area contributed by atoms with Gasteiger partial charge in [-0.3, -0.25) is 14.4 Å². The molecule has 0 aliphatic heterocycles. The molecule has 12 heteroatoms. The number of nitrogens with one attached hydrogen (secondary N) is 1. The number of ether oxygens (including phenoxy) is 1. The van der Waals surface area contributed by atoms with E-state index in [2.05, 4.69) is 9.71 Å². The number of rotatable bonds is 9. The van der Waals surface area contributed by atoms with Crippen LogP contribution in [-0.2, 0) is 10.0 Å². The van der Waals surface area contributed by atoms with Crippen molar-refractivity contribution in [1.29, 1.82) is 0 Å². The van der Waals surface area contributed by atoms with Crippen molar-refractivity contribution in [2.75, 3.05) is 43.9 Å². The molecule has 0 saturated carbocycles. The molecule has 0 aliphatic carbocycles. The Kier molecular flexibility index (Phi) is 9.38. The van der Waals surface area contributed by atoms with Crippen LogP contribution in [0.1, 0.15) is 10.4 Å². The summed E-state index contributed by atoms with van der Waals surface area (Å²) >= 11 is 7.71. The van der Waals surface area contributed by atoms with Crippen LogP contribution >= 0.6 is 35.3 Å². The number of benzene rings is 3. The molecule has 4 aromatic rings. The highest BCUT2D eigenvalue weighted by molar-refractivity contribution is 7.92. The van der Waals surface area contributed by atoms with Gasteiger partial charge in [0.1, 0.15) is 11.3 Å². The first-order valence-corrected chi connectivity index (χ1v) is 13.6. The lowest BCUT2D eigenvalue weighted by Crippen LogP contribution is -2.36. The van der Waals surface area contributed by atoms with E-state index >= 15 is 0 Å². The minimum Gasteiger partial charge on any atom is -0.494 e. The highest BCUT2D eigenvalue weighted by Crippen LogP contribution is 2.39. The number of sulfonamides is 1. The summed E-state index contributed by atoms with van der Waals surface area (Å²) in [6.45, 7) is 1.01. The Morgan fingerprint density at radius 1 is 1.03 bits per heavy atom. The molecule has 0 fully saturated rings. The minimum atomic E-state index is -3.73. The van der Waals surface area contributed by atoms with Crippen molar-refractivity contribution in [3.05, 3.63) is 77.3 Å². The van der Waals surface area contributed by atoms with Gasteiger partial charge in [0.15, 0.2) is 5.13 Å². The van der Waals surface area contributed by atoms with Crippen molar-refractivity contribution < 1.29 is 17.9 Å². The molecule has 1 N–H and O–H groups in total. The first kappa shape index (κ1) is 28.7. The lowest BCUT2D eigenvalue weighted by molar-refractivity contribution is 0.0985. The second-order valence-electron chi connectivity index (χ2n) is 8.18. The number of carbonyl (C=O) groups is 1. The number of hydrogen-bond donors (Lipinski definition) is 1. The van der Waals surface area contributed by atoms with Gasteiger partial charge in [-0.15, -0.1) is 12.4 Å². The lowest BCUT2D eigenvalue weighted by atomic mass is 10.2. The first-order chi connectivity index (χ1) is 17.2. The van der Waals surface area contributed by atoms with Crippen LogP contribution in [-0.4, -0.2) is 58.5 Å². The van der Waals surface area contributed by atoms with E-state index in [9.17, 15) is 13.2 Å². The van der Waals surface area contributed by atoms with Crippen LogP contribution in [0.25, 0.3) is 10.2 Å². The van der Waals surface area contributed by atoms with Crippen molar-refractivity contribution in [3.63, 3.8) is 0 Å². The standard InChI is InChI=1S/C25H25ClN4O4S2.ClH/c1-29(2)15-16-30(25-27-22-21(34-3)14-13-20(26)23(22)35-25)24(31)17-9-11-18(12-10-17)28-36(32,33)19-7-5-4-6-8-19;/h4-14,28H,15-16H2,1-3H3;1H. The van der Waals surface area contributed by atoms with Crippen LogP contribution in [0.2, 0.25) is 5.02 Å². The molecule has 8 nitrogen and oxygen atoms in total. The third-order valence-corrected chi connectivity index (χ3v) is 8.29. The predicted octanol–water partition coefficient (Wildman–Crippen LogP) is 5.39. The maximum Gasteiger partial charge on any atom is 0.261 e. The quantitative estimate of drug-likeness (QED) is 0.285. The summed E-state index contributed by atoms with van der Waals surface area (Å²) < 4.78 is 33.9. The number of hydrogen-bond acceptors (Lipinski definition) is 7. The molecule has 1 heterocycles. The van der Waals surface area contributed by atoms with Crippen molar-refractivity contribution in [3.8, 4) is 5.75 Å². The molecule has 3 aromatic carbocycles. The van der Waals surface area contributed by atoms with Gasteiger partial charge in [0.25, 0.3) is 15.9 Å². The van der Waals surface area contributed by atoms with Gasteiger partial charge in [0.05, 0.1) is 21.7 Å². The van der Waals surface area contributed by atoms with Gasteiger partial charge in [0.2, 0.25) is 0 Å². The molecule has 4 rings (SSSR count). The summed E-state index contributed by atoms with van der Waals surface area (Å²) in [6.07, 6.45) is 0. The maximum absolute atomic E-state index is 13.6. The molecule has 0 unspecified atom stereocenters. The van der Waals surface area contributed by atoms with Gasteiger partial charge < -0.3 is 9.64 Å². The fourth-order valence-corrected chi connectivity index (χ4v) is 5.82. The number of methoxy groups -OCH3 is 1. The Bertz CT molecular complexity index is 1480. The molecule has 0 saturated heterocycles. The van der Waals surface area contributed by atoms with Gasteiger partial charge in [0, 0.05) is 24.3 Å². The number of carbonyl (C=O) groups excluding carboxylic acids is 1. The molecule has 37 heavy (non-hydrogen) atoms. The van der Waals surface area contributed by atoms with E-state index in [1.807, 2.05) is 19.0 Å². The predicted molar refractivity (Wildman–Crippen MR) is 152 cm³/mol. The number of aromatic nitrogens is 1. The molecule has 1 amide bonds. The SMILES string of the molecule is COc1ccc(Cl)c2sc(N(CCN(C)C)C(=O)c3ccc(NS(=O)(=O)c4ccccc4)cc3)nc12.Cl. The van der Waals surface area contributed by atoms with E-state index in [-0.39, 0.29) is 23.2 Å². The lowest BCUT2D eigenvalue weighted by Gasteiger charge is -2.22. The van der Waals surface area contributed by atoms with E-state index in [0.29, 0.717) is 45.8 Å². The molecular weight excluding hydrogens is 555 g/mol. The molecule has 196 valence electrons. The van der Waals surface area contributed by atoms with Crippen LogP contribution in [0.15, 0.2) is 71.6 Å². The molecule has 0 atom stereocenters. The summed E-state index contributed by atoms with van der Waals surface area (Å²) in [7, 11) is 1.68. The number of thiazole rings is 1. The summed E-state index contributed by atoms with van der Waals surface area (Å²) in [5.41, 5.74) is 1.35. The Labute approximate surface area is 231 Å². The first-order valence-electron chi connectivity index (χ1n) is 11.0. The van der Waals surface area contributed by atoms with Crippen molar-refractivity contribution in [2.24, 2.45) is 0 Å². The topological polar surface area (TPSA) is 91.8 Å². The summed E-state index contributed by atoms with van der Waals surface area (Å²) in [4.78, 5) is 22.0. The number of anilines is 2. The molecule has 0 spiro atoms. The van der Waals surface area contributed by atoms with E-state index in [4.69, 9.17) is 16.3 Å². The third-order valence-electron chi connectivity index (χ3n) is 5.35. The summed E-state index contributed by atoms with van der Waals surface area (Å²) in [5.74, 6) is 0.315. The van der Waals surface area contributed by atoms with Crippen LogP contribution < -0.4 is 14.4 Å². The van der Waals surface area contributed by atoms with E-state index < -0.39 is 10.0 Å². The highest BCUT2D eigenvalue weighted by atomic mass is 35.5. The maximum atomic E-state index is 13.6. The number of fused-ring (bicyclic) bond motifs is 1. The molecule has 1 aromatic heterocycles. The van der Waals surface area contributed by atoms with Gasteiger partial charge in [-0.2, -0.15) is 0 Å². The zero-order valence-corrected chi connectivity index (χ0v) is 23.5. The Morgan fingerprint density at radius 3 is 2.32 bits per heavy atom. The molecule has 0 bridgehead atoms. The number of amides is 1. The van der Waals surface area contributed by atoms with Crippen LogP contribution in [0.3, 0.4) is 0 Å². The van der Waals surface area contributed by atoms with Crippen LogP contribution in [0.5, 0.6) is 5.75 Å². The average Bonchev–Trinajstić information content (AvgIpc) is 3.31. The normalized spacial score (nSPS) is 11.3. The monoisotopic (exact) mass is 580 g/mol. The van der Waals surface area contributed by atoms with Gasteiger partial charge in [-0.25, -0.2) is 13.4 Å². The zero-order valence-electron chi connectivity index (χ0n) is 20.3. The number of nitrogens with zero attached hydrogens (tertiary/aromatic N) is 3. The molecular formula is C25H26Cl2N4O4S2. The summed E-state index contributed by atoms with van der Waals surface area (Å²) in [5, 5.41) is 1.03. The second kappa shape index (κ2) is 12.1. The van der Waals surface area contributed by atoms with Gasteiger partial charge in [-0.1, -0.05) is 41.1 Å². The molecule has 0 aliphatic rings. The smallest absolute Gasteiger partial charge is 0.261 e. The van der Waals surface area contributed by atoms with Crippen molar-refractivity contribution in [2.45, 2.75) is 4.90 Å². The Morgan fingerprint density at radius 2 is 1.70 bits per heavy atom. The average molecular weight is 582 g/mol. The largest absolute Gasteiger partial charge is 0.494 e. The Hall–Kier alpha value is -2.89. The second-order valence-corrected chi connectivity index (χ2v) is 11.2. The van der Waals surface area contributed by atoms with E-state index in [1.165, 1.54) is 23.5 Å². The molecule has 0 radical (unpaired) electrons. The fourth-order valence-electron chi connectivity index (χ4n) is 3.46. The van der Waals surface area contributed by atoms with Gasteiger partial charge >= 0.3 is 0 Å². The number of halogens is 2. The van der Waals surface area contributed by atoms with Crippen molar-refractivity contribution in [1.82, 2.24) is 9.88 Å². The van der Waals surface area contributed by atoms with E-state index in [1.54, 1.807) is 66.6 Å². The van der Waals surface area contributed by atoms with E-state index in [0.717, 1.165) is 4.70 Å². The minimum absolute atomic E-state index is 0. The third kappa shape index (κ3) is 6.52. The van der Waals surface area contributed by atoms with Gasteiger partial charge in [-0.05, 0) is 62.6 Å². The Balaban J connectivity index is 0.00000380. The fraction of sp³-hybridized carbons (Fsp3) is 0.200. The van der Waals surface area contributed by atoms with Crippen molar-refractivity contribution >= 4 is 72.3 Å². The van der Waals surface area contributed by atoms with Crippen LogP contribution in [0, 0.1) is 0 Å². The zero-order chi connectivity index (χ0) is 25.9. The van der Waals surface area contributed by atoms with Crippen LogP contribution in [0.4, 0.5) is 10.8 Å². The summed E-state index contributed by atoms with van der Waals surface area (Å²) in [6, 6.07) is 17.9.